The lowest BCUT2D eigenvalue weighted by Crippen LogP contribution is -2.38. The van der Waals surface area contributed by atoms with Crippen molar-refractivity contribution in [2.45, 2.75) is 44.5 Å². The molecule has 2 saturated heterocycles. The van der Waals surface area contributed by atoms with E-state index in [-0.39, 0.29) is 30.1 Å². The number of nitrogens with zero attached hydrogens (tertiary/aromatic N) is 2. The topological polar surface area (TPSA) is 88.1 Å². The number of carbonyl (C=O) groups is 3. The van der Waals surface area contributed by atoms with Crippen LogP contribution in [-0.2, 0) is 14.3 Å². The fourth-order valence-electron chi connectivity index (χ4n) is 3.82. The van der Waals surface area contributed by atoms with Crippen molar-refractivity contribution < 1.29 is 19.1 Å². The fraction of sp³-hybridized carbons (Fsp3) is 0.360. The van der Waals surface area contributed by atoms with Gasteiger partial charge in [0.1, 0.15) is 5.25 Å². The number of ether oxygens (including phenoxy) is 1. The van der Waals surface area contributed by atoms with Gasteiger partial charge >= 0.3 is 0 Å². The van der Waals surface area contributed by atoms with Gasteiger partial charge in [0, 0.05) is 29.3 Å². The molecule has 0 radical (unpaired) electrons. The van der Waals surface area contributed by atoms with Gasteiger partial charge in [-0.15, -0.1) is 0 Å². The number of amides is 2. The molecule has 0 bridgehead atoms. The first kappa shape index (κ1) is 24.4. The SMILES string of the molecule is CC(=O)c1ccc(NC(=O)C[C@H]2SC(=Nc3ccc(C)c(Cl)c3)N(C[C@@H]3CCCO3)C2=O)cc1. The number of aryl methyl sites for hydroxylation is 1. The number of anilines is 1. The molecule has 2 aliphatic rings. The summed E-state index contributed by atoms with van der Waals surface area (Å²) in [6.07, 6.45) is 1.82. The summed E-state index contributed by atoms with van der Waals surface area (Å²) in [5.74, 6) is -0.475. The van der Waals surface area contributed by atoms with Gasteiger partial charge in [-0.3, -0.25) is 19.3 Å². The summed E-state index contributed by atoms with van der Waals surface area (Å²) in [4.78, 5) is 43.7. The first-order valence-electron chi connectivity index (χ1n) is 11.2. The van der Waals surface area contributed by atoms with Gasteiger partial charge in [-0.05, 0) is 68.7 Å². The van der Waals surface area contributed by atoms with Crippen LogP contribution in [-0.4, -0.2) is 52.2 Å². The molecular formula is C25H26ClN3O4S. The molecule has 0 saturated carbocycles. The van der Waals surface area contributed by atoms with Crippen LogP contribution in [0.3, 0.4) is 0 Å². The first-order chi connectivity index (χ1) is 16.3. The highest BCUT2D eigenvalue weighted by Gasteiger charge is 2.40. The molecule has 7 nitrogen and oxygen atoms in total. The number of benzene rings is 2. The van der Waals surface area contributed by atoms with Gasteiger partial charge in [-0.1, -0.05) is 29.4 Å². The highest BCUT2D eigenvalue weighted by molar-refractivity contribution is 8.15. The third kappa shape index (κ3) is 5.87. The molecule has 2 fully saturated rings. The molecule has 4 rings (SSSR count). The minimum absolute atomic E-state index is 0.00760. The largest absolute Gasteiger partial charge is 0.376 e. The number of thioether (sulfide) groups is 1. The van der Waals surface area contributed by atoms with Crippen LogP contribution in [0.15, 0.2) is 47.5 Å². The minimum atomic E-state index is -0.586. The van der Waals surface area contributed by atoms with Gasteiger partial charge in [0.25, 0.3) is 0 Å². The van der Waals surface area contributed by atoms with Gasteiger partial charge in [-0.2, -0.15) is 0 Å². The summed E-state index contributed by atoms with van der Waals surface area (Å²) in [7, 11) is 0. The Morgan fingerprint density at radius 2 is 2.00 bits per heavy atom. The van der Waals surface area contributed by atoms with Crippen LogP contribution in [0.2, 0.25) is 5.02 Å². The van der Waals surface area contributed by atoms with Gasteiger partial charge < -0.3 is 10.1 Å². The van der Waals surface area contributed by atoms with Gasteiger partial charge in [-0.25, -0.2) is 4.99 Å². The number of Topliss-reactive ketones (excluding diaryl/α,β-unsaturated/α-hetero) is 1. The molecule has 2 aromatic rings. The van der Waals surface area contributed by atoms with E-state index in [9.17, 15) is 14.4 Å². The van der Waals surface area contributed by atoms with Crippen molar-refractivity contribution >= 4 is 57.5 Å². The lowest BCUT2D eigenvalue weighted by Gasteiger charge is -2.20. The van der Waals surface area contributed by atoms with Crippen molar-refractivity contribution in [2.24, 2.45) is 4.99 Å². The fourth-order valence-corrected chi connectivity index (χ4v) is 5.16. The Kier molecular flexibility index (Phi) is 7.70. The maximum absolute atomic E-state index is 13.2. The predicted octanol–water partition coefficient (Wildman–Crippen LogP) is 4.99. The lowest BCUT2D eigenvalue weighted by atomic mass is 10.1. The van der Waals surface area contributed by atoms with E-state index in [0.717, 1.165) is 18.4 Å². The van der Waals surface area contributed by atoms with E-state index in [0.29, 0.717) is 40.3 Å². The number of halogens is 1. The number of amidine groups is 1. The van der Waals surface area contributed by atoms with E-state index in [1.165, 1.54) is 18.7 Å². The minimum Gasteiger partial charge on any atom is -0.376 e. The van der Waals surface area contributed by atoms with Crippen molar-refractivity contribution in [2.75, 3.05) is 18.5 Å². The lowest BCUT2D eigenvalue weighted by molar-refractivity contribution is -0.129. The summed E-state index contributed by atoms with van der Waals surface area (Å²) in [6, 6.07) is 12.2. The second kappa shape index (κ2) is 10.7. The number of hydrogen-bond donors (Lipinski definition) is 1. The average Bonchev–Trinajstić information content (AvgIpc) is 3.41. The molecule has 2 heterocycles. The van der Waals surface area contributed by atoms with Gasteiger partial charge in [0.05, 0.1) is 18.3 Å². The number of nitrogens with one attached hydrogen (secondary N) is 1. The number of ketones is 1. The normalized spacial score (nSPS) is 21.3. The molecular weight excluding hydrogens is 474 g/mol. The zero-order valence-electron chi connectivity index (χ0n) is 19.0. The van der Waals surface area contributed by atoms with E-state index in [1.807, 2.05) is 19.1 Å². The molecule has 0 spiro atoms. The van der Waals surface area contributed by atoms with Gasteiger partial charge in [0.2, 0.25) is 11.8 Å². The summed E-state index contributed by atoms with van der Waals surface area (Å²) in [6.45, 7) is 4.50. The van der Waals surface area contributed by atoms with Crippen LogP contribution in [0, 0.1) is 6.92 Å². The summed E-state index contributed by atoms with van der Waals surface area (Å²) < 4.78 is 5.74. The molecule has 0 aliphatic carbocycles. The van der Waals surface area contributed by atoms with Crippen LogP contribution in [0.5, 0.6) is 0 Å². The molecule has 0 aromatic heterocycles. The molecule has 2 amide bonds. The average molecular weight is 500 g/mol. The Morgan fingerprint density at radius 3 is 2.65 bits per heavy atom. The van der Waals surface area contributed by atoms with Crippen LogP contribution in [0.1, 0.15) is 42.1 Å². The van der Waals surface area contributed by atoms with Gasteiger partial charge in [0.15, 0.2) is 11.0 Å². The maximum atomic E-state index is 13.2. The molecule has 9 heteroatoms. The Hall–Kier alpha value is -2.68. The second-order valence-corrected chi connectivity index (χ2v) is 9.98. The monoisotopic (exact) mass is 499 g/mol. The molecule has 0 unspecified atom stereocenters. The van der Waals surface area contributed by atoms with Crippen LogP contribution in [0.4, 0.5) is 11.4 Å². The zero-order chi connectivity index (χ0) is 24.2. The first-order valence-corrected chi connectivity index (χ1v) is 12.4. The van der Waals surface area contributed by atoms with E-state index < -0.39 is 5.25 Å². The summed E-state index contributed by atoms with van der Waals surface area (Å²) >= 11 is 7.54. The third-order valence-electron chi connectivity index (χ3n) is 5.76. The quantitative estimate of drug-likeness (QED) is 0.542. The van der Waals surface area contributed by atoms with E-state index >= 15 is 0 Å². The molecule has 178 valence electrons. The Labute approximate surface area is 207 Å². The highest BCUT2D eigenvalue weighted by atomic mass is 35.5. The Morgan fingerprint density at radius 1 is 1.24 bits per heavy atom. The molecule has 2 atom stereocenters. The van der Waals surface area contributed by atoms with Crippen molar-refractivity contribution in [3.8, 4) is 0 Å². The molecule has 2 aromatic carbocycles. The zero-order valence-corrected chi connectivity index (χ0v) is 20.6. The Bertz CT molecular complexity index is 1130. The van der Waals surface area contributed by atoms with Crippen LogP contribution >= 0.6 is 23.4 Å². The molecule has 1 N–H and O–H groups in total. The third-order valence-corrected chi connectivity index (χ3v) is 7.34. The van der Waals surface area contributed by atoms with Crippen molar-refractivity contribution in [1.82, 2.24) is 4.90 Å². The molecule has 34 heavy (non-hydrogen) atoms. The second-order valence-electron chi connectivity index (χ2n) is 8.40. The summed E-state index contributed by atoms with van der Waals surface area (Å²) in [5, 5.41) is 3.37. The summed E-state index contributed by atoms with van der Waals surface area (Å²) in [5.41, 5.74) is 2.74. The van der Waals surface area contributed by atoms with Crippen molar-refractivity contribution in [1.29, 1.82) is 0 Å². The van der Waals surface area contributed by atoms with E-state index in [4.69, 9.17) is 16.3 Å². The Balaban J connectivity index is 1.49. The van der Waals surface area contributed by atoms with Crippen LogP contribution < -0.4 is 5.32 Å². The predicted molar refractivity (Wildman–Crippen MR) is 135 cm³/mol. The maximum Gasteiger partial charge on any atom is 0.242 e. The van der Waals surface area contributed by atoms with Crippen molar-refractivity contribution in [3.05, 3.63) is 58.6 Å². The van der Waals surface area contributed by atoms with E-state index in [1.54, 1.807) is 35.2 Å². The number of hydrogen-bond acceptors (Lipinski definition) is 6. The van der Waals surface area contributed by atoms with Crippen LogP contribution in [0.25, 0.3) is 0 Å². The highest BCUT2D eigenvalue weighted by Crippen LogP contribution is 2.34. The molecule has 2 aliphatic heterocycles. The smallest absolute Gasteiger partial charge is 0.242 e. The van der Waals surface area contributed by atoms with Crippen molar-refractivity contribution in [3.63, 3.8) is 0 Å². The van der Waals surface area contributed by atoms with E-state index in [2.05, 4.69) is 10.3 Å². The number of aliphatic imine (C=N–C) groups is 1. The number of rotatable bonds is 7. The number of carbonyl (C=O) groups excluding carboxylic acids is 3. The standard InChI is InChI=1S/C25H26ClN3O4S/c1-15-5-8-19(12-21(15)26)28-25-29(14-20-4-3-11-33-20)24(32)22(34-25)13-23(31)27-18-9-6-17(7-10-18)16(2)30/h5-10,12,20,22H,3-4,11,13-14H2,1-2H3,(H,27,31)/t20-,22+/m0/s1.